The van der Waals surface area contributed by atoms with Gasteiger partial charge in [-0.25, -0.2) is 35.5 Å². The topological polar surface area (TPSA) is 99.5 Å². The van der Waals surface area contributed by atoms with Gasteiger partial charge in [0, 0.05) is 19.1 Å². The highest BCUT2D eigenvalue weighted by Crippen LogP contribution is 2.28. The van der Waals surface area contributed by atoms with Crippen molar-refractivity contribution in [3.05, 3.63) is 28.8 Å². The maximum absolute atomic E-state index is 14.1. The number of ether oxygens (including phenoxy) is 1. The van der Waals surface area contributed by atoms with Crippen LogP contribution in [0.1, 0.15) is 39.2 Å². The first-order valence-electron chi connectivity index (χ1n) is 8.54. The fraction of sp³-hybridized carbons (Fsp3) is 0.529. The molecule has 0 aliphatic carbocycles. The van der Waals surface area contributed by atoms with Crippen LogP contribution in [-0.2, 0) is 14.8 Å². The first-order chi connectivity index (χ1) is 13.3. The lowest BCUT2D eigenvalue weighted by Gasteiger charge is -2.34. The van der Waals surface area contributed by atoms with E-state index in [1.165, 1.54) is 4.90 Å². The van der Waals surface area contributed by atoms with Crippen LogP contribution >= 0.6 is 0 Å². The van der Waals surface area contributed by atoms with Crippen molar-refractivity contribution in [2.75, 3.05) is 13.1 Å². The summed E-state index contributed by atoms with van der Waals surface area (Å²) in [7, 11) is -5.04. The SMILES string of the molecule is CC(C)(C)OC(=O)N1CCCC(NS(=O)(=O)c2c(F)c(F)c(C#N)c(F)c2F)C1. The lowest BCUT2D eigenvalue weighted by atomic mass is 10.1. The van der Waals surface area contributed by atoms with E-state index in [1.54, 1.807) is 20.8 Å². The zero-order valence-electron chi connectivity index (χ0n) is 15.9. The number of piperidine rings is 1. The van der Waals surface area contributed by atoms with Gasteiger partial charge in [-0.15, -0.1) is 0 Å². The van der Waals surface area contributed by atoms with E-state index in [4.69, 9.17) is 10.00 Å². The summed E-state index contributed by atoms with van der Waals surface area (Å²) in [5.74, 6) is -8.61. The number of likely N-dealkylation sites (tertiary alicyclic amines) is 1. The summed E-state index contributed by atoms with van der Waals surface area (Å²) in [4.78, 5) is 11.5. The largest absolute Gasteiger partial charge is 0.444 e. The standard InChI is InChI=1S/C17H19F4N3O4S/c1-17(2,3)28-16(25)24-6-4-5-9(8-24)23-29(26,27)15-13(20)11(18)10(7-22)12(19)14(15)21/h9,23H,4-6,8H2,1-3H3. The highest BCUT2D eigenvalue weighted by atomic mass is 32.2. The van der Waals surface area contributed by atoms with Crippen molar-refractivity contribution in [2.24, 2.45) is 0 Å². The molecule has 160 valence electrons. The molecule has 1 N–H and O–H groups in total. The number of carbonyl (C=O) groups is 1. The Hall–Kier alpha value is -2.39. The van der Waals surface area contributed by atoms with Gasteiger partial charge in [-0.3, -0.25) is 0 Å². The van der Waals surface area contributed by atoms with E-state index in [9.17, 15) is 30.8 Å². The molecule has 2 rings (SSSR count). The van der Waals surface area contributed by atoms with Crippen LogP contribution < -0.4 is 4.72 Å². The van der Waals surface area contributed by atoms with Crippen LogP contribution in [0.3, 0.4) is 0 Å². The van der Waals surface area contributed by atoms with Crippen LogP contribution in [0.4, 0.5) is 22.4 Å². The van der Waals surface area contributed by atoms with E-state index < -0.39 is 61.5 Å². The van der Waals surface area contributed by atoms with Crippen molar-refractivity contribution < 1.29 is 35.5 Å². The molecule has 0 spiro atoms. The molecule has 29 heavy (non-hydrogen) atoms. The fourth-order valence-corrected chi connectivity index (χ4v) is 4.19. The molecule has 1 aliphatic rings. The molecule has 1 amide bonds. The molecule has 1 atom stereocenters. The first kappa shape index (κ1) is 22.9. The fourth-order valence-electron chi connectivity index (χ4n) is 2.79. The molecule has 1 aliphatic heterocycles. The second kappa shape index (κ2) is 8.16. The number of nitrogens with zero attached hydrogens (tertiary/aromatic N) is 2. The highest BCUT2D eigenvalue weighted by molar-refractivity contribution is 7.89. The van der Waals surface area contributed by atoms with Gasteiger partial charge in [0.15, 0.2) is 28.2 Å². The quantitative estimate of drug-likeness (QED) is 0.579. The minimum Gasteiger partial charge on any atom is -0.444 e. The number of rotatable bonds is 3. The van der Waals surface area contributed by atoms with Gasteiger partial charge >= 0.3 is 6.09 Å². The molecule has 0 aromatic heterocycles. The third-order valence-electron chi connectivity index (χ3n) is 4.00. The Morgan fingerprint density at radius 1 is 1.17 bits per heavy atom. The van der Waals surface area contributed by atoms with Gasteiger partial charge in [-0.2, -0.15) is 5.26 Å². The van der Waals surface area contributed by atoms with E-state index in [0.717, 1.165) is 6.07 Å². The molecule has 1 aromatic rings. The number of amides is 1. The van der Waals surface area contributed by atoms with Crippen molar-refractivity contribution in [2.45, 2.75) is 50.2 Å². The van der Waals surface area contributed by atoms with E-state index in [-0.39, 0.29) is 19.5 Å². The third kappa shape index (κ3) is 4.97. The Bertz CT molecular complexity index is 941. The van der Waals surface area contributed by atoms with Crippen molar-refractivity contribution in [3.8, 4) is 6.07 Å². The predicted molar refractivity (Wildman–Crippen MR) is 92.1 cm³/mol. The van der Waals surface area contributed by atoms with Crippen molar-refractivity contribution in [1.82, 2.24) is 9.62 Å². The van der Waals surface area contributed by atoms with Crippen molar-refractivity contribution in [3.63, 3.8) is 0 Å². The normalized spacial score (nSPS) is 17.7. The zero-order chi connectivity index (χ0) is 22.1. The van der Waals surface area contributed by atoms with Crippen LogP contribution in [0.2, 0.25) is 0 Å². The average molecular weight is 437 g/mol. The molecular formula is C17H19F4N3O4S. The van der Waals surface area contributed by atoms with Crippen molar-refractivity contribution >= 4 is 16.1 Å². The molecule has 7 nitrogen and oxygen atoms in total. The molecule has 0 radical (unpaired) electrons. The number of sulfonamides is 1. The van der Waals surface area contributed by atoms with Gasteiger partial charge in [0.2, 0.25) is 10.0 Å². The molecule has 1 heterocycles. The van der Waals surface area contributed by atoms with Crippen LogP contribution in [0.25, 0.3) is 0 Å². The third-order valence-corrected chi connectivity index (χ3v) is 5.54. The lowest BCUT2D eigenvalue weighted by Crippen LogP contribution is -2.50. The molecule has 1 aromatic carbocycles. The summed E-state index contributed by atoms with van der Waals surface area (Å²) in [5.41, 5.74) is -2.35. The summed E-state index contributed by atoms with van der Waals surface area (Å²) in [5, 5.41) is 8.59. The zero-order valence-corrected chi connectivity index (χ0v) is 16.7. The van der Waals surface area contributed by atoms with Crippen LogP contribution in [0.15, 0.2) is 4.90 Å². The molecule has 1 saturated heterocycles. The Kier molecular flexibility index (Phi) is 6.44. The van der Waals surface area contributed by atoms with E-state index in [1.807, 2.05) is 4.72 Å². The summed E-state index contributed by atoms with van der Waals surface area (Å²) in [6, 6.07) is -0.0318. The van der Waals surface area contributed by atoms with Gasteiger partial charge in [0.1, 0.15) is 17.2 Å². The maximum atomic E-state index is 14.1. The molecule has 12 heteroatoms. The Labute approximate surface area is 165 Å². The summed E-state index contributed by atoms with van der Waals surface area (Å²) < 4.78 is 87.7. The minimum atomic E-state index is -5.04. The number of halogens is 4. The molecule has 1 unspecified atom stereocenters. The van der Waals surface area contributed by atoms with Crippen LogP contribution in [0.5, 0.6) is 0 Å². The smallest absolute Gasteiger partial charge is 0.410 e. The molecule has 0 saturated carbocycles. The van der Waals surface area contributed by atoms with Crippen LogP contribution in [-0.4, -0.2) is 44.1 Å². The monoisotopic (exact) mass is 437 g/mol. The number of nitrogens with one attached hydrogen (secondary N) is 1. The van der Waals surface area contributed by atoms with Gasteiger partial charge in [-0.05, 0) is 33.6 Å². The second-order valence-electron chi connectivity index (χ2n) is 7.46. The number of hydrogen-bond donors (Lipinski definition) is 1. The highest BCUT2D eigenvalue weighted by Gasteiger charge is 2.36. The van der Waals surface area contributed by atoms with E-state index in [0.29, 0.717) is 6.42 Å². The van der Waals surface area contributed by atoms with Gasteiger partial charge in [0.05, 0.1) is 0 Å². The first-order valence-corrected chi connectivity index (χ1v) is 10.0. The van der Waals surface area contributed by atoms with E-state index in [2.05, 4.69) is 0 Å². The Morgan fingerprint density at radius 2 is 1.72 bits per heavy atom. The predicted octanol–water partition coefficient (Wildman–Crippen LogP) is 2.79. The number of nitriles is 1. The number of benzene rings is 1. The van der Waals surface area contributed by atoms with Gasteiger partial charge < -0.3 is 9.64 Å². The number of carbonyl (C=O) groups excluding carboxylic acids is 1. The molecule has 1 fully saturated rings. The van der Waals surface area contributed by atoms with Gasteiger partial charge in [0.25, 0.3) is 0 Å². The minimum absolute atomic E-state index is 0.168. The average Bonchev–Trinajstić information content (AvgIpc) is 2.59. The van der Waals surface area contributed by atoms with Crippen molar-refractivity contribution in [1.29, 1.82) is 5.26 Å². The second-order valence-corrected chi connectivity index (χ2v) is 9.11. The lowest BCUT2D eigenvalue weighted by molar-refractivity contribution is 0.0195. The van der Waals surface area contributed by atoms with Gasteiger partial charge in [-0.1, -0.05) is 0 Å². The Balaban J connectivity index is 2.28. The molecule has 0 bridgehead atoms. The van der Waals surface area contributed by atoms with E-state index >= 15 is 0 Å². The Morgan fingerprint density at radius 3 is 2.21 bits per heavy atom. The van der Waals surface area contributed by atoms with Crippen LogP contribution in [0, 0.1) is 34.6 Å². The maximum Gasteiger partial charge on any atom is 0.410 e. The summed E-state index contributed by atoms with van der Waals surface area (Å²) in [6.07, 6.45) is -0.134. The number of hydrogen-bond acceptors (Lipinski definition) is 5. The molecular weight excluding hydrogens is 418 g/mol. The summed E-state index contributed by atoms with van der Waals surface area (Å²) >= 11 is 0. The summed E-state index contributed by atoms with van der Waals surface area (Å²) in [6.45, 7) is 5.05.